The molecule has 1 atom stereocenters. The van der Waals surface area contributed by atoms with Gasteiger partial charge >= 0.3 is 5.97 Å². The van der Waals surface area contributed by atoms with Crippen LogP contribution in [0.25, 0.3) is 22.3 Å². The van der Waals surface area contributed by atoms with Crippen molar-refractivity contribution in [2.24, 2.45) is 0 Å². The maximum atomic E-state index is 13.2. The van der Waals surface area contributed by atoms with Gasteiger partial charge in [-0.1, -0.05) is 12.8 Å². The van der Waals surface area contributed by atoms with Crippen LogP contribution in [0.1, 0.15) is 74.4 Å². The quantitative estimate of drug-likeness (QED) is 0.569. The van der Waals surface area contributed by atoms with Crippen molar-refractivity contribution in [1.82, 2.24) is 20.1 Å². The molecule has 1 saturated carbocycles. The van der Waals surface area contributed by atoms with E-state index in [2.05, 4.69) is 10.4 Å². The number of carbonyl (C=O) groups excluding carboxylic acids is 2. The van der Waals surface area contributed by atoms with Crippen molar-refractivity contribution >= 4 is 22.9 Å². The summed E-state index contributed by atoms with van der Waals surface area (Å²) in [5.74, 6) is 0.635. The van der Waals surface area contributed by atoms with Crippen molar-refractivity contribution in [3.05, 3.63) is 35.4 Å². The fourth-order valence-corrected chi connectivity index (χ4v) is 4.25. The van der Waals surface area contributed by atoms with E-state index in [1.54, 1.807) is 23.9 Å². The molecule has 3 aromatic heterocycles. The number of pyridine rings is 1. The Morgan fingerprint density at radius 1 is 1.19 bits per heavy atom. The summed E-state index contributed by atoms with van der Waals surface area (Å²) in [6.07, 6.45) is 4.90. The summed E-state index contributed by atoms with van der Waals surface area (Å²) < 4.78 is 13.0. The summed E-state index contributed by atoms with van der Waals surface area (Å²) in [4.78, 5) is 30.5. The van der Waals surface area contributed by atoms with E-state index in [4.69, 9.17) is 14.1 Å². The second-order valence-corrected chi connectivity index (χ2v) is 8.84. The molecule has 1 aliphatic rings. The van der Waals surface area contributed by atoms with E-state index in [-0.39, 0.29) is 18.0 Å². The van der Waals surface area contributed by atoms with Gasteiger partial charge < -0.3 is 14.5 Å². The highest BCUT2D eigenvalue weighted by Gasteiger charge is 2.26. The zero-order valence-electron chi connectivity index (χ0n) is 19.3. The Morgan fingerprint density at radius 3 is 2.53 bits per heavy atom. The molecule has 4 rings (SSSR count). The van der Waals surface area contributed by atoms with Gasteiger partial charge in [-0.05, 0) is 59.6 Å². The summed E-state index contributed by atoms with van der Waals surface area (Å²) in [5, 5.41) is 8.00. The van der Waals surface area contributed by atoms with Gasteiger partial charge in [0.1, 0.15) is 11.5 Å². The zero-order chi connectivity index (χ0) is 23.0. The number of esters is 1. The molecule has 0 saturated heterocycles. The lowest BCUT2D eigenvalue weighted by atomic mass is 10.1. The molecule has 0 bridgehead atoms. The molecule has 1 unspecified atom stereocenters. The standard InChI is InChI=1S/C24H30N4O4/c1-13(2)28-22-20(12-25-28)19(11-21(27-22)18-10-14(3)31-15(18)4)24(30)32-16(5)23(29)26-17-8-6-7-9-17/h10-13,16-17H,6-9H2,1-5H3,(H,26,29). The second kappa shape index (κ2) is 8.76. The number of amides is 1. The van der Waals surface area contributed by atoms with Gasteiger partial charge in [-0.15, -0.1) is 0 Å². The summed E-state index contributed by atoms with van der Waals surface area (Å²) in [5.41, 5.74) is 2.33. The second-order valence-electron chi connectivity index (χ2n) is 8.84. The van der Waals surface area contributed by atoms with Gasteiger partial charge in [-0.2, -0.15) is 5.10 Å². The largest absolute Gasteiger partial charge is 0.466 e. The summed E-state index contributed by atoms with van der Waals surface area (Å²) in [6.45, 7) is 9.33. The highest BCUT2D eigenvalue weighted by Crippen LogP contribution is 2.30. The maximum absolute atomic E-state index is 13.2. The number of nitrogens with zero attached hydrogens (tertiary/aromatic N) is 3. The molecule has 8 heteroatoms. The number of aryl methyl sites for hydroxylation is 2. The smallest absolute Gasteiger partial charge is 0.339 e. The fraction of sp³-hybridized carbons (Fsp3) is 0.500. The van der Waals surface area contributed by atoms with Crippen LogP contribution in [0, 0.1) is 13.8 Å². The van der Waals surface area contributed by atoms with Crippen LogP contribution < -0.4 is 5.32 Å². The van der Waals surface area contributed by atoms with Crippen LogP contribution in [0.2, 0.25) is 0 Å². The predicted molar refractivity (Wildman–Crippen MR) is 120 cm³/mol. The van der Waals surface area contributed by atoms with Crippen molar-refractivity contribution < 1.29 is 18.7 Å². The number of nitrogens with one attached hydrogen (secondary N) is 1. The van der Waals surface area contributed by atoms with Crippen molar-refractivity contribution in [2.45, 2.75) is 78.5 Å². The van der Waals surface area contributed by atoms with E-state index < -0.39 is 12.1 Å². The van der Waals surface area contributed by atoms with Crippen molar-refractivity contribution in [3.8, 4) is 11.3 Å². The lowest BCUT2D eigenvalue weighted by Crippen LogP contribution is -2.40. The number of furan rings is 1. The van der Waals surface area contributed by atoms with Crippen LogP contribution in [-0.2, 0) is 9.53 Å². The van der Waals surface area contributed by atoms with Crippen LogP contribution in [0.4, 0.5) is 0 Å². The molecule has 0 radical (unpaired) electrons. The number of hydrogen-bond donors (Lipinski definition) is 1. The van der Waals surface area contributed by atoms with E-state index in [9.17, 15) is 9.59 Å². The number of fused-ring (bicyclic) bond motifs is 1. The minimum atomic E-state index is -0.896. The van der Waals surface area contributed by atoms with Crippen molar-refractivity contribution in [1.29, 1.82) is 0 Å². The first kappa shape index (κ1) is 22.0. The molecule has 170 valence electrons. The Balaban J connectivity index is 1.68. The summed E-state index contributed by atoms with van der Waals surface area (Å²) >= 11 is 0. The lowest BCUT2D eigenvalue weighted by molar-refractivity contribution is -0.129. The van der Waals surface area contributed by atoms with Gasteiger partial charge in [0.2, 0.25) is 0 Å². The number of hydrogen-bond acceptors (Lipinski definition) is 6. The molecular formula is C24H30N4O4. The van der Waals surface area contributed by atoms with E-state index in [1.165, 1.54) is 0 Å². The molecule has 1 fully saturated rings. The van der Waals surface area contributed by atoms with Gasteiger partial charge in [-0.3, -0.25) is 4.79 Å². The summed E-state index contributed by atoms with van der Waals surface area (Å²) in [6, 6.07) is 3.81. The topological polar surface area (TPSA) is 99.2 Å². The van der Waals surface area contributed by atoms with Gasteiger partial charge in [0.25, 0.3) is 5.91 Å². The van der Waals surface area contributed by atoms with Crippen LogP contribution in [0.5, 0.6) is 0 Å². The van der Waals surface area contributed by atoms with Gasteiger partial charge in [0, 0.05) is 17.6 Å². The first-order chi connectivity index (χ1) is 15.2. The van der Waals surface area contributed by atoms with E-state index in [0.717, 1.165) is 37.0 Å². The molecule has 0 spiro atoms. The molecule has 8 nitrogen and oxygen atoms in total. The fourth-order valence-electron chi connectivity index (χ4n) is 4.25. The normalized spacial score (nSPS) is 15.4. The van der Waals surface area contributed by atoms with Crippen LogP contribution >= 0.6 is 0 Å². The van der Waals surface area contributed by atoms with Crippen LogP contribution in [0.15, 0.2) is 22.7 Å². The monoisotopic (exact) mass is 438 g/mol. The molecule has 32 heavy (non-hydrogen) atoms. The summed E-state index contributed by atoms with van der Waals surface area (Å²) in [7, 11) is 0. The SMILES string of the molecule is Cc1cc(-c2cc(C(=O)OC(C)C(=O)NC3CCCC3)c3cnn(C(C)C)c3n2)c(C)o1. The zero-order valence-corrected chi connectivity index (χ0v) is 19.3. The van der Waals surface area contributed by atoms with Crippen molar-refractivity contribution in [3.63, 3.8) is 0 Å². The highest BCUT2D eigenvalue weighted by atomic mass is 16.5. The average Bonchev–Trinajstić information content (AvgIpc) is 3.46. The minimum absolute atomic E-state index is 0.0578. The molecule has 3 heterocycles. The molecule has 3 aromatic rings. The van der Waals surface area contributed by atoms with Crippen LogP contribution in [0.3, 0.4) is 0 Å². The van der Waals surface area contributed by atoms with E-state index in [0.29, 0.717) is 28.1 Å². The third-order valence-electron chi connectivity index (χ3n) is 5.95. The third kappa shape index (κ3) is 4.26. The molecule has 1 aliphatic carbocycles. The van der Waals surface area contributed by atoms with Crippen molar-refractivity contribution in [2.75, 3.05) is 0 Å². The Morgan fingerprint density at radius 2 is 1.91 bits per heavy atom. The Kier molecular flexibility index (Phi) is 6.04. The number of rotatable bonds is 6. The molecular weight excluding hydrogens is 408 g/mol. The molecule has 1 N–H and O–H groups in total. The lowest BCUT2D eigenvalue weighted by Gasteiger charge is -2.17. The van der Waals surface area contributed by atoms with E-state index in [1.807, 2.05) is 33.8 Å². The number of ether oxygens (including phenoxy) is 1. The van der Waals surface area contributed by atoms with E-state index >= 15 is 0 Å². The Hall–Kier alpha value is -3.16. The molecule has 1 amide bonds. The Bertz CT molecular complexity index is 1150. The molecule has 0 aliphatic heterocycles. The highest BCUT2D eigenvalue weighted by molar-refractivity contribution is 6.04. The third-order valence-corrected chi connectivity index (χ3v) is 5.95. The van der Waals surface area contributed by atoms with Gasteiger partial charge in [-0.25, -0.2) is 14.5 Å². The van der Waals surface area contributed by atoms with Gasteiger partial charge in [0.15, 0.2) is 11.8 Å². The first-order valence-corrected chi connectivity index (χ1v) is 11.2. The minimum Gasteiger partial charge on any atom is -0.466 e. The molecule has 0 aromatic carbocycles. The van der Waals surface area contributed by atoms with Crippen LogP contribution in [-0.4, -0.2) is 38.8 Å². The average molecular weight is 439 g/mol. The predicted octanol–water partition coefficient (Wildman–Crippen LogP) is 4.49. The Labute approximate surface area is 187 Å². The van der Waals surface area contributed by atoms with Gasteiger partial charge in [0.05, 0.1) is 22.8 Å². The number of carbonyl (C=O) groups is 2. The first-order valence-electron chi connectivity index (χ1n) is 11.2. The maximum Gasteiger partial charge on any atom is 0.339 e. The number of aromatic nitrogens is 3.